The van der Waals surface area contributed by atoms with Crippen molar-refractivity contribution in [2.75, 3.05) is 24.0 Å². The summed E-state index contributed by atoms with van der Waals surface area (Å²) in [6.07, 6.45) is 1.14. The van der Waals surface area contributed by atoms with Gasteiger partial charge >= 0.3 is 0 Å². The molecule has 0 aliphatic carbocycles. The first-order valence-corrected chi connectivity index (χ1v) is 15.1. The van der Waals surface area contributed by atoms with E-state index in [0.717, 1.165) is 21.9 Å². The van der Waals surface area contributed by atoms with Crippen molar-refractivity contribution in [2.24, 2.45) is 0 Å². The quantitative estimate of drug-likeness (QED) is 0.299. The molecule has 2 amide bonds. The first kappa shape index (κ1) is 30.7. The van der Waals surface area contributed by atoms with Crippen LogP contribution in [0.4, 0.5) is 5.69 Å². The fourth-order valence-electron chi connectivity index (χ4n) is 4.42. The van der Waals surface area contributed by atoms with E-state index in [0.29, 0.717) is 31.0 Å². The minimum Gasteiger partial charge on any atom is -0.494 e. The number of rotatable bonds is 14. The van der Waals surface area contributed by atoms with Gasteiger partial charge in [0.2, 0.25) is 11.8 Å². The number of ether oxygens (including phenoxy) is 1. The number of sulfonamides is 1. The van der Waals surface area contributed by atoms with Gasteiger partial charge in [0.05, 0.1) is 17.2 Å². The summed E-state index contributed by atoms with van der Waals surface area (Å²) in [6.45, 7) is 8.26. The Morgan fingerprint density at radius 1 is 0.925 bits per heavy atom. The minimum absolute atomic E-state index is 0.0329. The van der Waals surface area contributed by atoms with E-state index in [9.17, 15) is 18.0 Å². The highest BCUT2D eigenvalue weighted by molar-refractivity contribution is 7.92. The zero-order chi connectivity index (χ0) is 29.1. The van der Waals surface area contributed by atoms with Crippen molar-refractivity contribution in [3.63, 3.8) is 0 Å². The molecule has 0 heterocycles. The van der Waals surface area contributed by atoms with Gasteiger partial charge in [-0.25, -0.2) is 8.42 Å². The van der Waals surface area contributed by atoms with Gasteiger partial charge in [0, 0.05) is 13.1 Å². The second-order valence-corrected chi connectivity index (χ2v) is 11.3. The van der Waals surface area contributed by atoms with E-state index in [4.69, 9.17) is 4.74 Å². The molecular weight excluding hydrogens is 526 g/mol. The summed E-state index contributed by atoms with van der Waals surface area (Å²) in [5, 5.41) is 2.90. The van der Waals surface area contributed by atoms with Gasteiger partial charge in [-0.1, -0.05) is 61.9 Å². The molecule has 0 saturated carbocycles. The average molecular weight is 566 g/mol. The van der Waals surface area contributed by atoms with E-state index in [2.05, 4.69) is 5.32 Å². The maximum Gasteiger partial charge on any atom is 0.264 e. The number of aryl methyl sites for hydroxylation is 1. The number of hydrogen-bond acceptors (Lipinski definition) is 5. The van der Waals surface area contributed by atoms with Gasteiger partial charge in [0.25, 0.3) is 10.0 Å². The van der Waals surface area contributed by atoms with Crippen LogP contribution in [0.25, 0.3) is 0 Å². The van der Waals surface area contributed by atoms with Gasteiger partial charge in [-0.15, -0.1) is 0 Å². The van der Waals surface area contributed by atoms with Gasteiger partial charge in [0.15, 0.2) is 0 Å². The topological polar surface area (TPSA) is 96.0 Å². The van der Waals surface area contributed by atoms with Crippen LogP contribution in [0.15, 0.2) is 83.8 Å². The van der Waals surface area contributed by atoms with Crippen LogP contribution >= 0.6 is 0 Å². The molecule has 9 heteroatoms. The van der Waals surface area contributed by atoms with E-state index >= 15 is 0 Å². The molecule has 0 bridgehead atoms. The summed E-state index contributed by atoms with van der Waals surface area (Å²) in [7, 11) is -4.13. The zero-order valence-corrected chi connectivity index (χ0v) is 24.5. The number of nitrogens with one attached hydrogen (secondary N) is 1. The van der Waals surface area contributed by atoms with Gasteiger partial charge in [-0.3, -0.25) is 13.9 Å². The highest BCUT2D eigenvalue weighted by Crippen LogP contribution is 2.26. The number of nitrogens with zero attached hydrogens (tertiary/aromatic N) is 2. The molecule has 8 nitrogen and oxygen atoms in total. The predicted molar refractivity (Wildman–Crippen MR) is 158 cm³/mol. The van der Waals surface area contributed by atoms with E-state index in [1.165, 1.54) is 17.0 Å². The number of anilines is 1. The lowest BCUT2D eigenvalue weighted by molar-refractivity contribution is -0.140. The third kappa shape index (κ3) is 7.85. The van der Waals surface area contributed by atoms with Crippen molar-refractivity contribution in [3.8, 4) is 5.75 Å². The molecule has 0 spiro atoms. The van der Waals surface area contributed by atoms with Crippen LogP contribution in [-0.2, 0) is 26.2 Å². The minimum atomic E-state index is -4.13. The second kappa shape index (κ2) is 14.5. The summed E-state index contributed by atoms with van der Waals surface area (Å²) in [5.41, 5.74) is 2.23. The van der Waals surface area contributed by atoms with E-state index in [1.54, 1.807) is 42.5 Å². The van der Waals surface area contributed by atoms with E-state index in [1.807, 2.05) is 52.0 Å². The highest BCUT2D eigenvalue weighted by Gasteiger charge is 2.33. The molecule has 40 heavy (non-hydrogen) atoms. The van der Waals surface area contributed by atoms with E-state index in [-0.39, 0.29) is 17.3 Å². The Labute approximate surface area is 238 Å². The first-order valence-electron chi connectivity index (χ1n) is 13.6. The Morgan fingerprint density at radius 3 is 2.23 bits per heavy atom. The van der Waals surface area contributed by atoms with Crippen molar-refractivity contribution < 1.29 is 22.7 Å². The van der Waals surface area contributed by atoms with Crippen molar-refractivity contribution in [2.45, 2.75) is 58.0 Å². The summed E-state index contributed by atoms with van der Waals surface area (Å²) >= 11 is 0. The number of hydrogen-bond donors (Lipinski definition) is 1. The van der Waals surface area contributed by atoms with Crippen LogP contribution in [0.5, 0.6) is 5.75 Å². The molecule has 0 aliphatic rings. The first-order chi connectivity index (χ1) is 19.2. The average Bonchev–Trinajstić information content (AvgIpc) is 2.95. The molecular formula is C31H39N3O5S. The molecule has 3 aromatic rings. The molecule has 3 rings (SSSR count). The van der Waals surface area contributed by atoms with Crippen LogP contribution in [0.1, 0.15) is 44.7 Å². The molecule has 0 aliphatic heterocycles. The molecule has 0 fully saturated rings. The predicted octanol–water partition coefficient (Wildman–Crippen LogP) is 4.92. The normalized spacial score (nSPS) is 11.9. The smallest absolute Gasteiger partial charge is 0.264 e. The van der Waals surface area contributed by atoms with Crippen LogP contribution < -0.4 is 14.4 Å². The summed E-state index contributed by atoms with van der Waals surface area (Å²) in [4.78, 5) is 28.7. The SMILES string of the molecule is CCCNC(=O)[C@@H](CC)N(Cc1cccc(C)c1)C(=O)CN(c1ccccc1)S(=O)(=O)c1ccc(OCC)cc1. The maximum absolute atomic E-state index is 14.0. The molecule has 0 saturated heterocycles. The van der Waals surface area contributed by atoms with E-state index < -0.39 is 28.5 Å². The largest absolute Gasteiger partial charge is 0.494 e. The summed E-state index contributed by atoms with van der Waals surface area (Å²) < 4.78 is 34.4. The lowest BCUT2D eigenvalue weighted by Gasteiger charge is -2.33. The number of benzene rings is 3. The van der Waals surface area contributed by atoms with Gasteiger partial charge < -0.3 is 15.0 Å². The standard InChI is InChI=1S/C31H39N3O5S/c1-5-20-32-31(36)29(6-2)33(22-25-13-11-12-24(4)21-25)30(35)23-34(26-14-9-8-10-15-26)40(37,38)28-18-16-27(17-19-28)39-7-3/h8-19,21,29H,5-7,20,22-23H2,1-4H3,(H,32,36)/t29-/m1/s1. The fraction of sp³-hybridized carbons (Fsp3) is 0.355. The van der Waals surface area contributed by atoms with Crippen molar-refractivity contribution >= 4 is 27.5 Å². The Bertz CT molecular complexity index is 1360. The van der Waals surface area contributed by atoms with Crippen LogP contribution in [0.3, 0.4) is 0 Å². The number of carbonyl (C=O) groups excluding carboxylic acids is 2. The molecule has 1 N–H and O–H groups in total. The van der Waals surface area contributed by atoms with Crippen molar-refractivity contribution in [3.05, 3.63) is 90.0 Å². The maximum atomic E-state index is 14.0. The Kier molecular flexibility index (Phi) is 11.1. The third-order valence-electron chi connectivity index (χ3n) is 6.42. The molecule has 1 atom stereocenters. The van der Waals surface area contributed by atoms with Crippen LogP contribution in [0.2, 0.25) is 0 Å². The zero-order valence-electron chi connectivity index (χ0n) is 23.7. The fourth-order valence-corrected chi connectivity index (χ4v) is 5.83. The van der Waals surface area contributed by atoms with Crippen LogP contribution in [-0.4, -0.2) is 50.9 Å². The van der Waals surface area contributed by atoms with Crippen molar-refractivity contribution in [1.82, 2.24) is 10.2 Å². The molecule has 214 valence electrons. The van der Waals surface area contributed by atoms with Gasteiger partial charge in [-0.05, 0) is 68.7 Å². The van der Waals surface area contributed by atoms with Crippen molar-refractivity contribution in [1.29, 1.82) is 0 Å². The highest BCUT2D eigenvalue weighted by atomic mass is 32.2. The number of para-hydroxylation sites is 1. The Balaban J connectivity index is 2.01. The summed E-state index contributed by atoms with van der Waals surface area (Å²) in [6, 6.07) is 21.6. The molecule has 3 aromatic carbocycles. The Hall–Kier alpha value is -3.85. The molecule has 0 unspecified atom stereocenters. The molecule has 0 aromatic heterocycles. The molecule has 0 radical (unpaired) electrons. The lowest BCUT2D eigenvalue weighted by Crippen LogP contribution is -2.52. The number of amides is 2. The summed E-state index contributed by atoms with van der Waals surface area (Å²) in [5.74, 6) is -0.179. The third-order valence-corrected chi connectivity index (χ3v) is 8.20. The monoisotopic (exact) mass is 565 g/mol. The van der Waals surface area contributed by atoms with Gasteiger partial charge in [0.1, 0.15) is 18.3 Å². The van der Waals surface area contributed by atoms with Crippen LogP contribution in [0, 0.1) is 6.92 Å². The lowest BCUT2D eigenvalue weighted by atomic mass is 10.1. The Morgan fingerprint density at radius 2 is 1.62 bits per heavy atom. The van der Waals surface area contributed by atoms with Gasteiger partial charge in [-0.2, -0.15) is 0 Å². The number of carbonyl (C=O) groups is 2. The second-order valence-electron chi connectivity index (χ2n) is 9.48.